The van der Waals surface area contributed by atoms with E-state index < -0.39 is 0 Å². The fourth-order valence-electron chi connectivity index (χ4n) is 2.16. The van der Waals surface area contributed by atoms with Gasteiger partial charge in [0, 0.05) is 24.2 Å². The molecular weight excluding hydrogens is 242 g/mol. The highest BCUT2D eigenvalue weighted by atomic mass is 35.5. The number of nitrogens with zero attached hydrogens (tertiary/aromatic N) is 2. The number of hydrogen-bond acceptors (Lipinski definition) is 4. The predicted octanol–water partition coefficient (Wildman–Crippen LogP) is 2.00. The lowest BCUT2D eigenvalue weighted by Gasteiger charge is -2.27. The molecule has 2 heterocycles. The van der Waals surface area contributed by atoms with E-state index in [9.17, 15) is 0 Å². The van der Waals surface area contributed by atoms with Crippen molar-refractivity contribution >= 4 is 23.7 Å². The zero-order valence-corrected chi connectivity index (χ0v) is 11.3. The maximum Gasteiger partial charge on any atom is 0.0794 e. The predicted molar refractivity (Wildman–Crippen MR) is 71.3 cm³/mol. The fourth-order valence-corrected chi connectivity index (χ4v) is 2.83. The summed E-state index contributed by atoms with van der Waals surface area (Å²) in [5, 5.41) is 3.41. The third-order valence-corrected chi connectivity index (χ3v) is 3.70. The van der Waals surface area contributed by atoms with Crippen LogP contribution in [0.25, 0.3) is 0 Å². The molecule has 3 nitrogen and oxygen atoms in total. The Labute approximate surface area is 108 Å². The standard InChI is InChI=1S/C11H19N3S.ClH/c1-14(8-11-6-13-9-15-11)7-10-2-4-12-5-3-10;/h6,9-10,12H,2-5,7-8H2,1H3;1H. The van der Waals surface area contributed by atoms with Crippen molar-refractivity contribution in [3.05, 3.63) is 16.6 Å². The number of rotatable bonds is 4. The zero-order chi connectivity index (χ0) is 10.5. The minimum atomic E-state index is 0. The Balaban J connectivity index is 0.00000128. The van der Waals surface area contributed by atoms with Gasteiger partial charge in [-0.15, -0.1) is 23.7 Å². The molecule has 0 saturated carbocycles. The molecule has 1 fully saturated rings. The Bertz CT molecular complexity index is 273. The van der Waals surface area contributed by atoms with E-state index in [0.717, 1.165) is 12.5 Å². The molecule has 0 spiro atoms. The second kappa shape index (κ2) is 7.22. The third-order valence-electron chi connectivity index (χ3n) is 2.94. The molecule has 0 unspecified atom stereocenters. The van der Waals surface area contributed by atoms with E-state index in [2.05, 4.69) is 22.2 Å². The molecule has 0 radical (unpaired) electrons. The lowest BCUT2D eigenvalue weighted by atomic mass is 9.98. The van der Waals surface area contributed by atoms with Gasteiger partial charge in [-0.1, -0.05) is 0 Å². The fraction of sp³-hybridized carbons (Fsp3) is 0.727. The second-order valence-corrected chi connectivity index (χ2v) is 5.33. The van der Waals surface area contributed by atoms with Gasteiger partial charge in [0.1, 0.15) is 0 Å². The van der Waals surface area contributed by atoms with Gasteiger partial charge in [0.25, 0.3) is 0 Å². The van der Waals surface area contributed by atoms with Crippen LogP contribution in [0.4, 0.5) is 0 Å². The maximum absolute atomic E-state index is 4.10. The average molecular weight is 262 g/mol. The summed E-state index contributed by atoms with van der Waals surface area (Å²) in [6.07, 6.45) is 4.63. The van der Waals surface area contributed by atoms with Crippen LogP contribution < -0.4 is 5.32 Å². The molecule has 1 aliphatic heterocycles. The summed E-state index contributed by atoms with van der Waals surface area (Å²) in [4.78, 5) is 7.89. The summed E-state index contributed by atoms with van der Waals surface area (Å²) >= 11 is 1.75. The Morgan fingerprint density at radius 1 is 1.50 bits per heavy atom. The number of hydrogen-bond donors (Lipinski definition) is 1. The summed E-state index contributed by atoms with van der Waals surface area (Å²) in [6.45, 7) is 4.66. The zero-order valence-electron chi connectivity index (χ0n) is 9.69. The summed E-state index contributed by atoms with van der Waals surface area (Å²) in [5.41, 5.74) is 1.91. The topological polar surface area (TPSA) is 28.2 Å². The average Bonchev–Trinajstić information content (AvgIpc) is 2.71. The lowest BCUT2D eigenvalue weighted by molar-refractivity contribution is 0.236. The van der Waals surface area contributed by atoms with Gasteiger partial charge in [0.2, 0.25) is 0 Å². The van der Waals surface area contributed by atoms with Gasteiger partial charge in [-0.2, -0.15) is 0 Å². The lowest BCUT2D eigenvalue weighted by Crippen LogP contribution is -2.34. The van der Waals surface area contributed by atoms with Crippen LogP contribution in [-0.2, 0) is 6.54 Å². The van der Waals surface area contributed by atoms with Crippen LogP contribution in [0.15, 0.2) is 11.7 Å². The Hall–Kier alpha value is -0.160. The monoisotopic (exact) mass is 261 g/mol. The number of aromatic nitrogens is 1. The molecule has 1 aliphatic rings. The van der Waals surface area contributed by atoms with Crippen molar-refractivity contribution in [3.8, 4) is 0 Å². The van der Waals surface area contributed by atoms with Crippen LogP contribution >= 0.6 is 23.7 Å². The van der Waals surface area contributed by atoms with Gasteiger partial charge in [-0.05, 0) is 38.9 Å². The van der Waals surface area contributed by atoms with E-state index in [1.54, 1.807) is 11.3 Å². The van der Waals surface area contributed by atoms with Crippen molar-refractivity contribution in [1.82, 2.24) is 15.2 Å². The van der Waals surface area contributed by atoms with E-state index >= 15 is 0 Å². The molecule has 1 aromatic rings. The molecular formula is C11H20ClN3S. The third kappa shape index (κ3) is 4.37. The van der Waals surface area contributed by atoms with E-state index in [1.807, 2.05) is 11.7 Å². The van der Waals surface area contributed by atoms with Crippen LogP contribution in [0.2, 0.25) is 0 Å². The summed E-state index contributed by atoms with van der Waals surface area (Å²) < 4.78 is 0. The van der Waals surface area contributed by atoms with Crippen LogP contribution in [0.5, 0.6) is 0 Å². The van der Waals surface area contributed by atoms with Crippen LogP contribution in [0.1, 0.15) is 17.7 Å². The molecule has 0 bridgehead atoms. The molecule has 1 saturated heterocycles. The van der Waals surface area contributed by atoms with Gasteiger partial charge < -0.3 is 10.2 Å². The van der Waals surface area contributed by atoms with Crippen molar-refractivity contribution in [2.45, 2.75) is 19.4 Å². The van der Waals surface area contributed by atoms with Crippen molar-refractivity contribution in [2.24, 2.45) is 5.92 Å². The summed E-state index contributed by atoms with van der Waals surface area (Å²) in [5.74, 6) is 0.879. The SMILES string of the molecule is CN(Cc1cncs1)CC1CCNCC1.Cl. The minimum Gasteiger partial charge on any atom is -0.317 e. The minimum absolute atomic E-state index is 0. The highest BCUT2D eigenvalue weighted by Crippen LogP contribution is 2.15. The molecule has 0 amide bonds. The van der Waals surface area contributed by atoms with Crippen molar-refractivity contribution in [2.75, 3.05) is 26.7 Å². The number of nitrogens with one attached hydrogen (secondary N) is 1. The van der Waals surface area contributed by atoms with Gasteiger partial charge in [-0.25, -0.2) is 0 Å². The second-order valence-electron chi connectivity index (χ2n) is 4.36. The van der Waals surface area contributed by atoms with Gasteiger partial charge >= 0.3 is 0 Å². The van der Waals surface area contributed by atoms with Crippen LogP contribution in [0.3, 0.4) is 0 Å². The molecule has 1 aromatic heterocycles. The largest absolute Gasteiger partial charge is 0.317 e. The molecule has 2 rings (SSSR count). The number of thiazole rings is 1. The van der Waals surface area contributed by atoms with E-state index in [0.29, 0.717) is 0 Å². The Morgan fingerprint density at radius 2 is 2.25 bits per heavy atom. The van der Waals surface area contributed by atoms with Gasteiger partial charge in [0.15, 0.2) is 0 Å². The molecule has 1 N–H and O–H groups in total. The maximum atomic E-state index is 4.10. The first-order valence-corrected chi connectivity index (χ1v) is 6.49. The number of halogens is 1. The first-order valence-electron chi connectivity index (χ1n) is 5.61. The Kier molecular flexibility index (Phi) is 6.28. The van der Waals surface area contributed by atoms with Crippen LogP contribution in [-0.4, -0.2) is 36.6 Å². The summed E-state index contributed by atoms with van der Waals surface area (Å²) in [6, 6.07) is 0. The first-order chi connectivity index (χ1) is 7.34. The normalized spacial score (nSPS) is 17.4. The van der Waals surface area contributed by atoms with E-state index in [-0.39, 0.29) is 12.4 Å². The van der Waals surface area contributed by atoms with Gasteiger partial charge in [-0.3, -0.25) is 4.98 Å². The van der Waals surface area contributed by atoms with Crippen molar-refractivity contribution in [3.63, 3.8) is 0 Å². The molecule has 16 heavy (non-hydrogen) atoms. The molecule has 0 aliphatic carbocycles. The van der Waals surface area contributed by atoms with E-state index in [4.69, 9.17) is 0 Å². The quantitative estimate of drug-likeness (QED) is 0.899. The molecule has 92 valence electrons. The molecule has 0 aromatic carbocycles. The first kappa shape index (κ1) is 13.9. The van der Waals surface area contributed by atoms with Crippen molar-refractivity contribution in [1.29, 1.82) is 0 Å². The summed E-state index contributed by atoms with van der Waals surface area (Å²) in [7, 11) is 2.21. The van der Waals surface area contributed by atoms with Crippen LogP contribution in [0, 0.1) is 5.92 Å². The molecule has 5 heteroatoms. The highest BCUT2D eigenvalue weighted by molar-refractivity contribution is 7.09. The number of piperidine rings is 1. The highest BCUT2D eigenvalue weighted by Gasteiger charge is 2.15. The Morgan fingerprint density at radius 3 is 2.88 bits per heavy atom. The van der Waals surface area contributed by atoms with Crippen molar-refractivity contribution < 1.29 is 0 Å². The molecule has 0 atom stereocenters. The van der Waals surface area contributed by atoms with E-state index in [1.165, 1.54) is 37.4 Å². The smallest absolute Gasteiger partial charge is 0.0794 e. The van der Waals surface area contributed by atoms with Gasteiger partial charge in [0.05, 0.1) is 5.51 Å².